The van der Waals surface area contributed by atoms with Gasteiger partial charge in [0.2, 0.25) is 10.0 Å². The maximum absolute atomic E-state index is 13.9. The molecule has 0 spiro atoms. The van der Waals surface area contributed by atoms with Crippen LogP contribution in [0.3, 0.4) is 0 Å². The Morgan fingerprint density at radius 2 is 1.68 bits per heavy atom. The first-order valence-electron chi connectivity index (χ1n) is 10.9. The molecule has 0 saturated heterocycles. The minimum absolute atomic E-state index is 0.167. The Bertz CT molecular complexity index is 1420. The summed E-state index contributed by atoms with van der Waals surface area (Å²) in [7, 11) is -3.47. The number of benzene rings is 3. The van der Waals surface area contributed by atoms with Gasteiger partial charge < -0.3 is 9.88 Å². The molecule has 2 N–H and O–H groups in total. The van der Waals surface area contributed by atoms with Gasteiger partial charge in [-0.05, 0) is 47.9 Å². The monoisotopic (exact) mass is 495 g/mol. The van der Waals surface area contributed by atoms with Crippen molar-refractivity contribution in [3.8, 4) is 0 Å². The zero-order valence-corrected chi connectivity index (χ0v) is 20.5. The van der Waals surface area contributed by atoms with E-state index < -0.39 is 15.6 Å². The summed E-state index contributed by atoms with van der Waals surface area (Å²) in [5.74, 6) is -0.167. The predicted octanol–water partition coefficient (Wildman–Crippen LogP) is 5.14. The van der Waals surface area contributed by atoms with Crippen LogP contribution in [-0.4, -0.2) is 25.1 Å². The number of aromatic nitrogens is 1. The van der Waals surface area contributed by atoms with E-state index in [-0.39, 0.29) is 5.91 Å². The van der Waals surface area contributed by atoms with Gasteiger partial charge in [0.25, 0.3) is 5.91 Å². The highest BCUT2D eigenvalue weighted by Crippen LogP contribution is 2.37. The van der Waals surface area contributed by atoms with Crippen LogP contribution in [0.2, 0.25) is 5.02 Å². The predicted molar refractivity (Wildman–Crippen MR) is 138 cm³/mol. The summed E-state index contributed by atoms with van der Waals surface area (Å²) >= 11 is 6.16. The molecule has 3 aromatic carbocycles. The van der Waals surface area contributed by atoms with Gasteiger partial charge in [-0.1, -0.05) is 67.1 Å². The highest BCUT2D eigenvalue weighted by atomic mass is 35.5. The van der Waals surface area contributed by atoms with Gasteiger partial charge in [-0.25, -0.2) is 8.42 Å². The first kappa shape index (κ1) is 23.9. The smallest absolute Gasteiger partial charge is 0.251 e. The third-order valence-corrected chi connectivity index (χ3v) is 6.79. The molecule has 1 heterocycles. The van der Waals surface area contributed by atoms with E-state index in [1.165, 1.54) is 0 Å². The molecule has 6 nitrogen and oxygen atoms in total. The first-order chi connectivity index (χ1) is 16.2. The molecule has 0 radical (unpaired) electrons. The summed E-state index contributed by atoms with van der Waals surface area (Å²) in [6, 6.07) is 24.2. The van der Waals surface area contributed by atoms with Gasteiger partial charge >= 0.3 is 0 Å². The molecule has 0 saturated carbocycles. The van der Waals surface area contributed by atoms with Crippen LogP contribution in [0.5, 0.6) is 0 Å². The van der Waals surface area contributed by atoms with Gasteiger partial charge in [0.1, 0.15) is 5.54 Å². The van der Waals surface area contributed by atoms with Crippen molar-refractivity contribution in [3.63, 3.8) is 0 Å². The fraction of sp³-hybridized carbons (Fsp3) is 0.192. The SMILES string of the molecule is CCC(C(=O)NCc1ccccc1)(c1ccc(Cl)cc1)n1ccc2c(NS(C)(=O)=O)cccc21. The summed E-state index contributed by atoms with van der Waals surface area (Å²) in [5.41, 5.74) is 1.90. The largest absolute Gasteiger partial charge is 0.350 e. The van der Waals surface area contributed by atoms with Crippen LogP contribution in [0.1, 0.15) is 24.5 Å². The van der Waals surface area contributed by atoms with E-state index in [2.05, 4.69) is 10.0 Å². The van der Waals surface area contributed by atoms with Crippen LogP contribution in [0.15, 0.2) is 85.1 Å². The molecule has 1 amide bonds. The molecule has 176 valence electrons. The molecule has 8 heteroatoms. The number of sulfonamides is 1. The summed E-state index contributed by atoms with van der Waals surface area (Å²) in [6.45, 7) is 2.34. The number of carbonyl (C=O) groups excluding carboxylic acids is 1. The average molecular weight is 496 g/mol. The number of hydrogen-bond acceptors (Lipinski definition) is 3. The molecule has 0 aliphatic carbocycles. The molecule has 1 unspecified atom stereocenters. The number of nitrogens with zero attached hydrogens (tertiary/aromatic N) is 1. The van der Waals surface area contributed by atoms with Crippen molar-refractivity contribution in [2.75, 3.05) is 11.0 Å². The van der Waals surface area contributed by atoms with Gasteiger partial charge in [0.15, 0.2) is 0 Å². The molecule has 4 aromatic rings. The third-order valence-electron chi connectivity index (χ3n) is 5.94. The first-order valence-corrected chi connectivity index (χ1v) is 13.2. The maximum atomic E-state index is 13.9. The van der Waals surface area contributed by atoms with E-state index in [9.17, 15) is 13.2 Å². The van der Waals surface area contributed by atoms with Crippen molar-refractivity contribution in [2.24, 2.45) is 0 Å². The maximum Gasteiger partial charge on any atom is 0.251 e. The Kier molecular flexibility index (Phi) is 6.68. The average Bonchev–Trinajstić information content (AvgIpc) is 3.25. The van der Waals surface area contributed by atoms with Crippen LogP contribution in [0, 0.1) is 0 Å². The zero-order chi connectivity index (χ0) is 24.3. The van der Waals surface area contributed by atoms with Crippen molar-refractivity contribution in [3.05, 3.63) is 101 Å². The molecule has 0 fully saturated rings. The number of hydrogen-bond donors (Lipinski definition) is 2. The number of rotatable bonds is 8. The topological polar surface area (TPSA) is 80.2 Å². The second-order valence-corrected chi connectivity index (χ2v) is 10.4. The standard InChI is InChI=1S/C26H26ClN3O3S/c1-3-26(20-12-14-21(27)15-13-20,25(31)28-18-19-8-5-4-6-9-19)30-17-16-22-23(29-34(2,32)33)10-7-11-24(22)30/h4-17,29H,3,18H2,1-2H3,(H,28,31). The van der Waals surface area contributed by atoms with E-state index in [0.717, 1.165) is 22.9 Å². The van der Waals surface area contributed by atoms with E-state index in [1.807, 2.05) is 72.3 Å². The normalized spacial score (nSPS) is 13.4. The van der Waals surface area contributed by atoms with Crippen molar-refractivity contribution >= 4 is 44.1 Å². The summed E-state index contributed by atoms with van der Waals surface area (Å²) in [6.07, 6.45) is 3.41. The Balaban J connectivity index is 1.86. The molecule has 0 aliphatic heterocycles. The van der Waals surface area contributed by atoms with Crippen molar-refractivity contribution in [1.82, 2.24) is 9.88 Å². The fourth-order valence-corrected chi connectivity index (χ4v) is 5.06. The van der Waals surface area contributed by atoms with Gasteiger partial charge in [-0.15, -0.1) is 0 Å². The van der Waals surface area contributed by atoms with E-state index >= 15 is 0 Å². The minimum Gasteiger partial charge on any atom is -0.350 e. The fourth-order valence-electron chi connectivity index (χ4n) is 4.35. The van der Waals surface area contributed by atoms with Crippen molar-refractivity contribution in [1.29, 1.82) is 0 Å². The Morgan fingerprint density at radius 3 is 2.32 bits per heavy atom. The number of nitrogens with one attached hydrogen (secondary N) is 2. The lowest BCUT2D eigenvalue weighted by Gasteiger charge is -2.35. The highest BCUT2D eigenvalue weighted by Gasteiger charge is 2.41. The molecule has 0 bridgehead atoms. The third kappa shape index (κ3) is 4.67. The minimum atomic E-state index is -3.47. The zero-order valence-electron chi connectivity index (χ0n) is 19.0. The van der Waals surface area contributed by atoms with Gasteiger partial charge in [-0.2, -0.15) is 0 Å². The van der Waals surface area contributed by atoms with Crippen LogP contribution in [0.25, 0.3) is 10.9 Å². The van der Waals surface area contributed by atoms with Gasteiger partial charge in [0.05, 0.1) is 17.5 Å². The lowest BCUT2D eigenvalue weighted by Crippen LogP contribution is -2.48. The second kappa shape index (κ2) is 9.52. The molecule has 34 heavy (non-hydrogen) atoms. The number of halogens is 1. The van der Waals surface area contributed by atoms with E-state index in [0.29, 0.717) is 29.1 Å². The molecule has 4 rings (SSSR count). The Labute approximate surface area is 204 Å². The number of amides is 1. The van der Waals surface area contributed by atoms with Crippen LogP contribution >= 0.6 is 11.6 Å². The molecular formula is C26H26ClN3O3S. The molecule has 1 atom stereocenters. The van der Waals surface area contributed by atoms with Crippen LogP contribution in [-0.2, 0) is 26.9 Å². The quantitative estimate of drug-likeness (QED) is 0.355. The Morgan fingerprint density at radius 1 is 0.971 bits per heavy atom. The lowest BCUT2D eigenvalue weighted by atomic mass is 9.85. The number of anilines is 1. The number of fused-ring (bicyclic) bond motifs is 1. The van der Waals surface area contributed by atoms with Crippen LogP contribution < -0.4 is 10.0 Å². The lowest BCUT2D eigenvalue weighted by molar-refractivity contribution is -0.128. The summed E-state index contributed by atoms with van der Waals surface area (Å²) in [5, 5.41) is 4.39. The summed E-state index contributed by atoms with van der Waals surface area (Å²) in [4.78, 5) is 13.9. The molecular weight excluding hydrogens is 470 g/mol. The molecule has 1 aromatic heterocycles. The highest BCUT2D eigenvalue weighted by molar-refractivity contribution is 7.92. The van der Waals surface area contributed by atoms with Crippen molar-refractivity contribution < 1.29 is 13.2 Å². The Hall–Kier alpha value is -3.29. The molecule has 0 aliphatic rings. The van der Waals surface area contributed by atoms with Gasteiger partial charge in [-0.3, -0.25) is 9.52 Å². The van der Waals surface area contributed by atoms with Gasteiger partial charge in [0, 0.05) is 23.2 Å². The summed E-state index contributed by atoms with van der Waals surface area (Å²) < 4.78 is 28.3. The van der Waals surface area contributed by atoms with E-state index in [4.69, 9.17) is 11.6 Å². The second-order valence-electron chi connectivity index (χ2n) is 8.19. The number of carbonyl (C=O) groups is 1. The van der Waals surface area contributed by atoms with E-state index in [1.54, 1.807) is 24.3 Å². The van der Waals surface area contributed by atoms with Crippen molar-refractivity contribution in [2.45, 2.75) is 25.4 Å². The van der Waals surface area contributed by atoms with Crippen LogP contribution in [0.4, 0.5) is 5.69 Å².